The number of hydrogen-bond donors (Lipinski definition) is 2. The molecule has 2 aliphatic rings. The standard InChI is InChI=1S/C16H21F3N6O/c17-16(18,19)12(26)7-20-6-10-8-24(9-10)14-5-4-13-21-22-15(25(13)23-14)11-2-1-3-11/h4-5,10-12,20,26H,1-3,6-9H2. The lowest BCUT2D eigenvalue weighted by Crippen LogP contribution is -2.52. The first kappa shape index (κ1) is 17.5. The Morgan fingerprint density at radius 1 is 1.23 bits per heavy atom. The molecular weight excluding hydrogens is 349 g/mol. The number of nitrogens with zero attached hydrogens (tertiary/aromatic N) is 5. The summed E-state index contributed by atoms with van der Waals surface area (Å²) < 4.78 is 38.6. The molecule has 1 atom stereocenters. The van der Waals surface area contributed by atoms with E-state index in [0.29, 0.717) is 25.6 Å². The molecule has 7 nitrogen and oxygen atoms in total. The Labute approximate surface area is 148 Å². The molecule has 2 aromatic heterocycles. The van der Waals surface area contributed by atoms with Gasteiger partial charge in [-0.15, -0.1) is 15.3 Å². The Hall–Kier alpha value is -1.94. The molecule has 2 N–H and O–H groups in total. The number of rotatable bonds is 6. The summed E-state index contributed by atoms with van der Waals surface area (Å²) in [6.45, 7) is 1.39. The lowest BCUT2D eigenvalue weighted by molar-refractivity contribution is -0.201. The number of hydrogen-bond acceptors (Lipinski definition) is 6. The first-order valence-electron chi connectivity index (χ1n) is 8.84. The maximum absolute atomic E-state index is 12.3. The van der Waals surface area contributed by atoms with Crippen molar-refractivity contribution < 1.29 is 18.3 Å². The highest BCUT2D eigenvalue weighted by atomic mass is 19.4. The van der Waals surface area contributed by atoms with Crippen LogP contribution in [0, 0.1) is 5.92 Å². The van der Waals surface area contributed by atoms with Gasteiger partial charge in [-0.25, -0.2) is 0 Å². The van der Waals surface area contributed by atoms with Gasteiger partial charge < -0.3 is 15.3 Å². The minimum atomic E-state index is -4.57. The number of fused-ring (bicyclic) bond motifs is 1. The van der Waals surface area contributed by atoms with Crippen LogP contribution in [0.5, 0.6) is 0 Å². The SMILES string of the molecule is OC(CNCC1CN(c2ccc3nnc(C4CCC4)n3n2)C1)C(F)(F)F. The van der Waals surface area contributed by atoms with Gasteiger partial charge in [-0.3, -0.25) is 0 Å². The zero-order valence-corrected chi connectivity index (χ0v) is 14.2. The van der Waals surface area contributed by atoms with E-state index in [4.69, 9.17) is 5.11 Å². The molecule has 1 unspecified atom stereocenters. The van der Waals surface area contributed by atoms with Crippen LogP contribution in [0.1, 0.15) is 31.0 Å². The number of nitrogens with one attached hydrogen (secondary N) is 1. The molecule has 142 valence electrons. The molecule has 0 amide bonds. The minimum absolute atomic E-state index is 0.236. The van der Waals surface area contributed by atoms with Crippen LogP contribution in [0.25, 0.3) is 5.65 Å². The first-order chi connectivity index (χ1) is 12.4. The van der Waals surface area contributed by atoms with Crippen LogP contribution in [-0.2, 0) is 0 Å². The summed E-state index contributed by atoms with van der Waals surface area (Å²) in [6.07, 6.45) is -3.44. The molecule has 0 bridgehead atoms. The van der Waals surface area contributed by atoms with E-state index in [2.05, 4.69) is 25.5 Å². The molecule has 26 heavy (non-hydrogen) atoms. The summed E-state index contributed by atoms with van der Waals surface area (Å²) in [7, 11) is 0. The Morgan fingerprint density at radius 2 is 2.00 bits per heavy atom. The van der Waals surface area contributed by atoms with Gasteiger partial charge in [-0.2, -0.15) is 17.7 Å². The molecule has 4 rings (SSSR count). The average Bonchev–Trinajstić information content (AvgIpc) is 2.89. The molecular formula is C16H21F3N6O. The van der Waals surface area contributed by atoms with Crippen molar-refractivity contribution >= 4 is 11.5 Å². The Balaban J connectivity index is 1.31. The molecule has 1 aliphatic carbocycles. The van der Waals surface area contributed by atoms with Crippen LogP contribution in [0.15, 0.2) is 12.1 Å². The minimum Gasteiger partial charge on any atom is -0.382 e. The third kappa shape index (κ3) is 3.35. The van der Waals surface area contributed by atoms with E-state index >= 15 is 0 Å². The summed E-state index contributed by atoms with van der Waals surface area (Å²) in [6, 6.07) is 3.79. The predicted octanol–water partition coefficient (Wildman–Crippen LogP) is 1.34. The van der Waals surface area contributed by atoms with Crippen LogP contribution >= 0.6 is 0 Å². The van der Waals surface area contributed by atoms with Crippen molar-refractivity contribution in [2.75, 3.05) is 31.1 Å². The highest BCUT2D eigenvalue weighted by Gasteiger charge is 2.38. The van der Waals surface area contributed by atoms with Gasteiger partial charge in [-0.05, 0) is 25.0 Å². The summed E-state index contributed by atoms with van der Waals surface area (Å²) >= 11 is 0. The Kier molecular flexibility index (Phi) is 4.47. The zero-order valence-electron chi connectivity index (χ0n) is 14.2. The molecule has 3 heterocycles. The van der Waals surface area contributed by atoms with Gasteiger partial charge in [0, 0.05) is 38.0 Å². The topological polar surface area (TPSA) is 78.6 Å². The second-order valence-electron chi connectivity index (χ2n) is 7.13. The smallest absolute Gasteiger partial charge is 0.382 e. The largest absolute Gasteiger partial charge is 0.415 e. The maximum Gasteiger partial charge on any atom is 0.415 e. The fourth-order valence-electron chi connectivity index (χ4n) is 3.31. The number of aromatic nitrogens is 4. The van der Waals surface area contributed by atoms with Crippen LogP contribution in [0.2, 0.25) is 0 Å². The summed E-state index contributed by atoms with van der Waals surface area (Å²) in [5, 5.41) is 24.7. The van der Waals surface area contributed by atoms with Crippen molar-refractivity contribution in [3.05, 3.63) is 18.0 Å². The van der Waals surface area contributed by atoms with Gasteiger partial charge in [0.15, 0.2) is 17.6 Å². The lowest BCUT2D eigenvalue weighted by atomic mass is 9.85. The highest BCUT2D eigenvalue weighted by Crippen LogP contribution is 2.35. The van der Waals surface area contributed by atoms with E-state index in [1.54, 1.807) is 0 Å². The molecule has 2 fully saturated rings. The molecule has 1 aliphatic heterocycles. The highest BCUT2D eigenvalue weighted by molar-refractivity contribution is 5.47. The van der Waals surface area contributed by atoms with Crippen LogP contribution < -0.4 is 10.2 Å². The van der Waals surface area contributed by atoms with Crippen molar-refractivity contribution in [1.82, 2.24) is 25.1 Å². The third-order valence-electron chi connectivity index (χ3n) is 5.17. The van der Waals surface area contributed by atoms with Gasteiger partial charge in [0.1, 0.15) is 5.82 Å². The van der Waals surface area contributed by atoms with Crippen LogP contribution in [-0.4, -0.2) is 63.4 Å². The molecule has 0 radical (unpaired) electrons. The first-order valence-corrected chi connectivity index (χ1v) is 8.84. The lowest BCUT2D eigenvalue weighted by Gasteiger charge is -2.40. The van der Waals surface area contributed by atoms with E-state index < -0.39 is 18.8 Å². The van der Waals surface area contributed by atoms with E-state index in [-0.39, 0.29) is 5.92 Å². The monoisotopic (exact) mass is 370 g/mol. The predicted molar refractivity (Wildman–Crippen MR) is 88.0 cm³/mol. The fraction of sp³-hybridized carbons (Fsp3) is 0.688. The zero-order chi connectivity index (χ0) is 18.3. The number of aliphatic hydroxyl groups excluding tert-OH is 1. The molecule has 0 spiro atoms. The van der Waals surface area contributed by atoms with Gasteiger partial charge in [0.25, 0.3) is 0 Å². The van der Waals surface area contributed by atoms with Crippen molar-refractivity contribution in [3.8, 4) is 0 Å². The van der Waals surface area contributed by atoms with Crippen molar-refractivity contribution in [3.63, 3.8) is 0 Å². The summed E-state index contributed by atoms with van der Waals surface area (Å²) in [4.78, 5) is 2.08. The van der Waals surface area contributed by atoms with Crippen LogP contribution in [0.4, 0.5) is 19.0 Å². The van der Waals surface area contributed by atoms with Crippen LogP contribution in [0.3, 0.4) is 0 Å². The van der Waals surface area contributed by atoms with Gasteiger partial charge in [-0.1, -0.05) is 6.42 Å². The average molecular weight is 370 g/mol. The van der Waals surface area contributed by atoms with Gasteiger partial charge >= 0.3 is 6.18 Å². The van der Waals surface area contributed by atoms with Crippen molar-refractivity contribution in [2.45, 2.75) is 37.5 Å². The third-order valence-corrected chi connectivity index (χ3v) is 5.17. The quantitative estimate of drug-likeness (QED) is 0.799. The number of halogens is 3. The normalized spacial score (nSPS) is 20.2. The Bertz CT molecular complexity index is 769. The molecule has 10 heteroatoms. The second-order valence-corrected chi connectivity index (χ2v) is 7.13. The number of alkyl halides is 3. The van der Waals surface area contributed by atoms with E-state index in [1.165, 1.54) is 6.42 Å². The maximum atomic E-state index is 12.3. The van der Waals surface area contributed by atoms with E-state index in [1.807, 2.05) is 16.6 Å². The molecule has 1 saturated heterocycles. The number of aliphatic hydroxyl groups is 1. The van der Waals surface area contributed by atoms with E-state index in [9.17, 15) is 13.2 Å². The second kappa shape index (κ2) is 6.66. The van der Waals surface area contributed by atoms with Crippen molar-refractivity contribution in [2.24, 2.45) is 5.92 Å². The molecule has 0 aromatic carbocycles. The fourth-order valence-corrected chi connectivity index (χ4v) is 3.31. The van der Waals surface area contributed by atoms with Gasteiger partial charge in [0.05, 0.1) is 0 Å². The molecule has 2 aromatic rings. The van der Waals surface area contributed by atoms with Crippen molar-refractivity contribution in [1.29, 1.82) is 0 Å². The van der Waals surface area contributed by atoms with E-state index in [0.717, 1.165) is 30.1 Å². The summed E-state index contributed by atoms with van der Waals surface area (Å²) in [5.41, 5.74) is 0.732. The van der Waals surface area contributed by atoms with Gasteiger partial charge in [0.2, 0.25) is 0 Å². The number of anilines is 1. The summed E-state index contributed by atoms with van der Waals surface area (Å²) in [5.74, 6) is 2.40. The molecule has 1 saturated carbocycles. The Morgan fingerprint density at radius 3 is 2.65 bits per heavy atom.